The molecule has 2 rings (SSSR count). The zero-order valence-corrected chi connectivity index (χ0v) is 16.0. The molecule has 0 heterocycles. The second-order valence-electron chi connectivity index (χ2n) is 5.58. The summed E-state index contributed by atoms with van der Waals surface area (Å²) in [5.74, 6) is -1.20. The molecule has 0 saturated carbocycles. The maximum absolute atomic E-state index is 12.9. The smallest absolute Gasteiger partial charge is 0.265 e. The summed E-state index contributed by atoms with van der Waals surface area (Å²) in [5, 5.41) is 2.49. The molecule has 0 fully saturated rings. The number of nitrogen functional groups attached to an aromatic ring is 1. The lowest BCUT2D eigenvalue weighted by Gasteiger charge is -2.13. The van der Waals surface area contributed by atoms with Crippen molar-refractivity contribution in [3.8, 4) is 0 Å². The number of nitrogens with one attached hydrogen (secondary N) is 2. The van der Waals surface area contributed by atoms with Crippen LogP contribution in [0.5, 0.6) is 0 Å². The van der Waals surface area contributed by atoms with Crippen LogP contribution in [0.3, 0.4) is 0 Å². The van der Waals surface area contributed by atoms with Crippen molar-refractivity contribution in [1.82, 2.24) is 4.72 Å². The standard InChI is InChI=1S/C16H17N3O6S2/c1-10(20)18-13-4-6-14(7-5-13)26(22,23)15-8-3-12(17)9-16(15)27(24,25)19-11(2)21/h3-9H,17H2,1-2H3,(H,18,20)(H,19,21). The van der Waals surface area contributed by atoms with Crippen molar-refractivity contribution in [2.75, 3.05) is 11.1 Å². The van der Waals surface area contributed by atoms with Crippen LogP contribution in [0.15, 0.2) is 57.2 Å². The number of amides is 2. The molecule has 144 valence electrons. The summed E-state index contributed by atoms with van der Waals surface area (Å²) < 4.78 is 52.3. The molecule has 0 aliphatic carbocycles. The van der Waals surface area contributed by atoms with Crippen LogP contribution in [0.25, 0.3) is 0 Å². The Morgan fingerprint density at radius 3 is 1.96 bits per heavy atom. The number of nitrogens with two attached hydrogens (primary N) is 1. The molecular weight excluding hydrogens is 394 g/mol. The van der Waals surface area contributed by atoms with Crippen molar-refractivity contribution in [1.29, 1.82) is 0 Å². The van der Waals surface area contributed by atoms with Crippen molar-refractivity contribution < 1.29 is 26.4 Å². The van der Waals surface area contributed by atoms with Crippen LogP contribution in [-0.2, 0) is 29.4 Å². The maximum atomic E-state index is 12.9. The summed E-state index contributed by atoms with van der Waals surface area (Å²) in [4.78, 5) is 20.9. The third-order valence-electron chi connectivity index (χ3n) is 3.31. The normalized spacial score (nSPS) is 11.6. The predicted molar refractivity (Wildman–Crippen MR) is 98.1 cm³/mol. The number of hydrogen-bond donors (Lipinski definition) is 3. The topological polar surface area (TPSA) is 152 Å². The summed E-state index contributed by atoms with van der Waals surface area (Å²) in [7, 11) is -8.69. The zero-order chi connectivity index (χ0) is 20.4. The lowest BCUT2D eigenvalue weighted by Crippen LogP contribution is -2.29. The summed E-state index contributed by atoms with van der Waals surface area (Å²) >= 11 is 0. The van der Waals surface area contributed by atoms with E-state index in [1.165, 1.54) is 37.3 Å². The Hall–Kier alpha value is -2.92. The van der Waals surface area contributed by atoms with E-state index in [-0.39, 0.29) is 16.5 Å². The van der Waals surface area contributed by atoms with Crippen LogP contribution in [0.2, 0.25) is 0 Å². The second kappa shape index (κ2) is 7.37. The van der Waals surface area contributed by atoms with Crippen LogP contribution in [-0.4, -0.2) is 28.6 Å². The molecule has 0 spiro atoms. The Bertz CT molecular complexity index is 1110. The Labute approximate surface area is 156 Å². The van der Waals surface area contributed by atoms with Crippen molar-refractivity contribution in [3.63, 3.8) is 0 Å². The Balaban J connectivity index is 2.60. The number of rotatable bonds is 5. The third kappa shape index (κ3) is 4.63. The van der Waals surface area contributed by atoms with Gasteiger partial charge >= 0.3 is 0 Å². The Morgan fingerprint density at radius 2 is 1.44 bits per heavy atom. The van der Waals surface area contributed by atoms with Gasteiger partial charge in [0.2, 0.25) is 21.7 Å². The van der Waals surface area contributed by atoms with Gasteiger partial charge in [0.15, 0.2) is 0 Å². The molecule has 0 radical (unpaired) electrons. The van der Waals surface area contributed by atoms with Crippen molar-refractivity contribution >= 4 is 43.0 Å². The van der Waals surface area contributed by atoms with E-state index in [4.69, 9.17) is 5.73 Å². The van der Waals surface area contributed by atoms with E-state index in [0.29, 0.717) is 5.69 Å². The monoisotopic (exact) mass is 411 g/mol. The highest BCUT2D eigenvalue weighted by Gasteiger charge is 2.29. The zero-order valence-electron chi connectivity index (χ0n) is 14.4. The summed E-state index contributed by atoms with van der Waals surface area (Å²) in [5.41, 5.74) is 5.98. The molecule has 0 aliphatic rings. The first-order chi connectivity index (χ1) is 12.4. The third-order valence-corrected chi connectivity index (χ3v) is 6.74. The van der Waals surface area contributed by atoms with Crippen LogP contribution in [0.1, 0.15) is 13.8 Å². The van der Waals surface area contributed by atoms with E-state index in [9.17, 15) is 26.4 Å². The summed E-state index contributed by atoms with van der Waals surface area (Å²) in [6.45, 7) is 2.29. The first kappa shape index (κ1) is 20.4. The maximum Gasteiger partial charge on any atom is 0.265 e. The number of hydrogen-bond acceptors (Lipinski definition) is 7. The lowest BCUT2D eigenvalue weighted by atomic mass is 10.3. The number of benzene rings is 2. The van der Waals surface area contributed by atoms with Gasteiger partial charge in [-0.15, -0.1) is 0 Å². The molecule has 27 heavy (non-hydrogen) atoms. The van der Waals surface area contributed by atoms with Gasteiger partial charge < -0.3 is 11.1 Å². The number of sulfonamides is 1. The molecule has 2 amide bonds. The molecule has 11 heteroatoms. The molecule has 2 aromatic rings. The van der Waals surface area contributed by atoms with Gasteiger partial charge in [-0.3, -0.25) is 9.59 Å². The van der Waals surface area contributed by atoms with Gasteiger partial charge in [0.05, 0.1) is 9.79 Å². The van der Waals surface area contributed by atoms with E-state index in [1.807, 2.05) is 0 Å². The largest absolute Gasteiger partial charge is 0.399 e. The molecule has 0 saturated heterocycles. The fourth-order valence-electron chi connectivity index (χ4n) is 2.25. The van der Waals surface area contributed by atoms with Crippen LogP contribution in [0.4, 0.5) is 11.4 Å². The molecule has 0 unspecified atom stereocenters. The highest BCUT2D eigenvalue weighted by Crippen LogP contribution is 2.29. The lowest BCUT2D eigenvalue weighted by molar-refractivity contribution is -0.117. The molecule has 0 aliphatic heterocycles. The van der Waals surface area contributed by atoms with E-state index in [1.54, 1.807) is 4.72 Å². The van der Waals surface area contributed by atoms with Gasteiger partial charge in [0.1, 0.15) is 4.90 Å². The number of carbonyl (C=O) groups is 2. The van der Waals surface area contributed by atoms with E-state index in [2.05, 4.69) is 5.32 Å². The van der Waals surface area contributed by atoms with Crippen molar-refractivity contribution in [2.24, 2.45) is 0 Å². The molecule has 4 N–H and O–H groups in total. The predicted octanol–water partition coefficient (Wildman–Crippen LogP) is 0.885. The van der Waals surface area contributed by atoms with Crippen molar-refractivity contribution in [2.45, 2.75) is 28.5 Å². The van der Waals surface area contributed by atoms with Gasteiger partial charge in [0.25, 0.3) is 10.0 Å². The first-order valence-electron chi connectivity index (χ1n) is 7.49. The highest BCUT2D eigenvalue weighted by atomic mass is 32.2. The number of carbonyl (C=O) groups excluding carboxylic acids is 2. The number of anilines is 2. The minimum absolute atomic E-state index is 0.0129. The van der Waals surface area contributed by atoms with Gasteiger partial charge in [-0.05, 0) is 42.5 Å². The molecule has 0 atom stereocenters. The second-order valence-corrected chi connectivity index (χ2v) is 9.15. The number of sulfone groups is 1. The molecule has 0 bridgehead atoms. The van der Waals surface area contributed by atoms with Gasteiger partial charge in [-0.1, -0.05) is 0 Å². The van der Waals surface area contributed by atoms with E-state index < -0.39 is 35.6 Å². The van der Waals surface area contributed by atoms with Crippen LogP contribution >= 0.6 is 0 Å². The average molecular weight is 411 g/mol. The first-order valence-corrected chi connectivity index (χ1v) is 10.5. The average Bonchev–Trinajstić information content (AvgIpc) is 2.53. The van der Waals surface area contributed by atoms with Crippen molar-refractivity contribution in [3.05, 3.63) is 42.5 Å². The molecule has 2 aromatic carbocycles. The Morgan fingerprint density at radius 1 is 0.852 bits per heavy atom. The molecule has 9 nitrogen and oxygen atoms in total. The fourth-order valence-corrected chi connectivity index (χ4v) is 5.34. The molecule has 0 aromatic heterocycles. The van der Waals surface area contributed by atoms with Gasteiger partial charge in [0, 0.05) is 25.2 Å². The van der Waals surface area contributed by atoms with Crippen LogP contribution < -0.4 is 15.8 Å². The highest BCUT2D eigenvalue weighted by molar-refractivity contribution is 7.94. The summed E-state index contributed by atoms with van der Waals surface area (Å²) in [6.07, 6.45) is 0. The van der Waals surface area contributed by atoms with E-state index >= 15 is 0 Å². The fraction of sp³-hybridized carbons (Fsp3) is 0.125. The summed E-state index contributed by atoms with van der Waals surface area (Å²) in [6, 6.07) is 8.45. The van der Waals surface area contributed by atoms with Gasteiger partial charge in [-0.25, -0.2) is 21.6 Å². The minimum atomic E-state index is -4.44. The van der Waals surface area contributed by atoms with E-state index in [0.717, 1.165) is 19.1 Å². The Kier molecular flexibility index (Phi) is 5.56. The minimum Gasteiger partial charge on any atom is -0.399 e. The van der Waals surface area contributed by atoms with Gasteiger partial charge in [-0.2, -0.15) is 0 Å². The quantitative estimate of drug-likeness (QED) is 0.618. The molecular formula is C16H17N3O6S2. The van der Waals surface area contributed by atoms with Crippen LogP contribution in [0, 0.1) is 0 Å². The SMILES string of the molecule is CC(=O)Nc1ccc(S(=O)(=O)c2ccc(N)cc2S(=O)(=O)NC(C)=O)cc1.